The van der Waals surface area contributed by atoms with Crippen molar-refractivity contribution < 1.29 is 4.42 Å². The lowest BCUT2D eigenvalue weighted by molar-refractivity contribution is 0.304. The van der Waals surface area contributed by atoms with Crippen LogP contribution in [0.25, 0.3) is 0 Å². The standard InChI is InChI=1S/C9H16N2O/c1-3-11(2)7-9-5-4-8(6-10)12-9/h4-5H,3,6-7,10H2,1-2H3. The van der Waals surface area contributed by atoms with Crippen LogP contribution in [0, 0.1) is 0 Å². The van der Waals surface area contributed by atoms with Crippen LogP contribution in [0.1, 0.15) is 18.4 Å². The maximum absolute atomic E-state index is 5.44. The second-order valence-corrected chi connectivity index (χ2v) is 2.90. The van der Waals surface area contributed by atoms with E-state index < -0.39 is 0 Å². The molecule has 68 valence electrons. The molecule has 0 aromatic carbocycles. The van der Waals surface area contributed by atoms with Crippen LogP contribution in [0.4, 0.5) is 0 Å². The molecule has 0 spiro atoms. The third-order valence-corrected chi connectivity index (χ3v) is 1.88. The monoisotopic (exact) mass is 168 g/mol. The summed E-state index contributed by atoms with van der Waals surface area (Å²) in [6.45, 7) is 4.48. The quantitative estimate of drug-likeness (QED) is 0.734. The van der Waals surface area contributed by atoms with E-state index in [-0.39, 0.29) is 0 Å². The lowest BCUT2D eigenvalue weighted by atomic mass is 10.4. The molecule has 3 nitrogen and oxygen atoms in total. The summed E-state index contributed by atoms with van der Waals surface area (Å²) in [7, 11) is 2.06. The van der Waals surface area contributed by atoms with E-state index >= 15 is 0 Å². The average Bonchev–Trinajstić information content (AvgIpc) is 2.52. The van der Waals surface area contributed by atoms with Crippen LogP contribution in [0.3, 0.4) is 0 Å². The molecule has 1 rings (SSSR count). The summed E-state index contributed by atoms with van der Waals surface area (Å²) in [6.07, 6.45) is 0. The molecule has 0 atom stereocenters. The molecule has 0 unspecified atom stereocenters. The summed E-state index contributed by atoms with van der Waals surface area (Å²) < 4.78 is 5.44. The Labute approximate surface area is 73.2 Å². The third kappa shape index (κ3) is 2.36. The number of nitrogens with zero attached hydrogens (tertiary/aromatic N) is 1. The van der Waals surface area contributed by atoms with E-state index in [1.165, 1.54) is 0 Å². The Hall–Kier alpha value is -0.800. The van der Waals surface area contributed by atoms with Crippen molar-refractivity contribution in [1.29, 1.82) is 0 Å². The number of hydrogen-bond acceptors (Lipinski definition) is 3. The van der Waals surface area contributed by atoms with Crippen LogP contribution in [-0.4, -0.2) is 18.5 Å². The molecule has 0 radical (unpaired) electrons. The maximum atomic E-state index is 5.44. The van der Waals surface area contributed by atoms with Gasteiger partial charge < -0.3 is 10.2 Å². The molecule has 0 saturated heterocycles. The van der Waals surface area contributed by atoms with Gasteiger partial charge in [-0.1, -0.05) is 6.92 Å². The Morgan fingerprint density at radius 2 is 2.08 bits per heavy atom. The number of hydrogen-bond donors (Lipinski definition) is 1. The van der Waals surface area contributed by atoms with Crippen LogP contribution in [0.15, 0.2) is 16.5 Å². The van der Waals surface area contributed by atoms with Gasteiger partial charge >= 0.3 is 0 Å². The molecular formula is C9H16N2O. The van der Waals surface area contributed by atoms with E-state index in [1.807, 2.05) is 12.1 Å². The van der Waals surface area contributed by atoms with Crippen LogP contribution >= 0.6 is 0 Å². The molecule has 12 heavy (non-hydrogen) atoms. The van der Waals surface area contributed by atoms with Crippen LogP contribution < -0.4 is 5.73 Å². The van der Waals surface area contributed by atoms with Gasteiger partial charge in [-0.2, -0.15) is 0 Å². The molecule has 3 heteroatoms. The Bertz CT molecular complexity index is 232. The summed E-state index contributed by atoms with van der Waals surface area (Å²) in [4.78, 5) is 2.18. The molecule has 0 aliphatic carbocycles. The highest BCUT2D eigenvalue weighted by molar-refractivity contribution is 5.06. The van der Waals surface area contributed by atoms with Crippen molar-refractivity contribution in [2.45, 2.75) is 20.0 Å². The topological polar surface area (TPSA) is 42.4 Å². The van der Waals surface area contributed by atoms with Crippen molar-refractivity contribution in [1.82, 2.24) is 4.90 Å². The minimum absolute atomic E-state index is 0.482. The summed E-state index contributed by atoms with van der Waals surface area (Å²) >= 11 is 0. The first-order valence-corrected chi connectivity index (χ1v) is 4.22. The molecule has 2 N–H and O–H groups in total. The van der Waals surface area contributed by atoms with Gasteiger partial charge in [0.25, 0.3) is 0 Å². The molecule has 1 aromatic rings. The highest BCUT2D eigenvalue weighted by Gasteiger charge is 2.02. The smallest absolute Gasteiger partial charge is 0.118 e. The van der Waals surface area contributed by atoms with E-state index in [2.05, 4.69) is 18.9 Å². The van der Waals surface area contributed by atoms with Gasteiger partial charge in [0.2, 0.25) is 0 Å². The molecule has 0 saturated carbocycles. The third-order valence-electron chi connectivity index (χ3n) is 1.88. The molecule has 0 aliphatic rings. The lowest BCUT2D eigenvalue weighted by Crippen LogP contribution is -2.16. The van der Waals surface area contributed by atoms with Gasteiger partial charge in [0.05, 0.1) is 13.1 Å². The van der Waals surface area contributed by atoms with Crippen molar-refractivity contribution in [3.63, 3.8) is 0 Å². The summed E-state index contributed by atoms with van der Waals surface area (Å²) in [5.41, 5.74) is 5.42. The number of furan rings is 1. The average molecular weight is 168 g/mol. The zero-order chi connectivity index (χ0) is 8.97. The van der Waals surface area contributed by atoms with Gasteiger partial charge in [0.15, 0.2) is 0 Å². The Morgan fingerprint density at radius 1 is 1.42 bits per heavy atom. The predicted octanol–water partition coefficient (Wildman–Crippen LogP) is 1.19. The minimum Gasteiger partial charge on any atom is -0.463 e. The summed E-state index contributed by atoms with van der Waals surface area (Å²) in [6, 6.07) is 3.91. The molecule has 0 fully saturated rings. The van der Waals surface area contributed by atoms with Gasteiger partial charge in [0, 0.05) is 0 Å². The van der Waals surface area contributed by atoms with Gasteiger partial charge in [-0.05, 0) is 25.7 Å². The van der Waals surface area contributed by atoms with Gasteiger partial charge in [0.1, 0.15) is 11.5 Å². The van der Waals surface area contributed by atoms with Crippen molar-refractivity contribution in [3.05, 3.63) is 23.7 Å². The van der Waals surface area contributed by atoms with E-state index in [4.69, 9.17) is 10.2 Å². The largest absolute Gasteiger partial charge is 0.463 e. The zero-order valence-electron chi connectivity index (χ0n) is 7.71. The summed E-state index contributed by atoms with van der Waals surface area (Å²) in [5.74, 6) is 1.84. The molecule has 0 aliphatic heterocycles. The fourth-order valence-corrected chi connectivity index (χ4v) is 0.995. The molecule has 0 bridgehead atoms. The minimum atomic E-state index is 0.482. The number of rotatable bonds is 4. The Balaban J connectivity index is 2.52. The fraction of sp³-hybridized carbons (Fsp3) is 0.556. The SMILES string of the molecule is CCN(C)Cc1ccc(CN)o1. The maximum Gasteiger partial charge on any atom is 0.118 e. The number of nitrogens with two attached hydrogens (primary N) is 1. The van der Waals surface area contributed by atoms with Gasteiger partial charge in [-0.15, -0.1) is 0 Å². The Morgan fingerprint density at radius 3 is 2.58 bits per heavy atom. The molecule has 1 heterocycles. The molecular weight excluding hydrogens is 152 g/mol. The van der Waals surface area contributed by atoms with Crippen molar-refractivity contribution in [2.24, 2.45) is 5.73 Å². The van der Waals surface area contributed by atoms with Crippen LogP contribution in [0.5, 0.6) is 0 Å². The van der Waals surface area contributed by atoms with Crippen molar-refractivity contribution in [2.75, 3.05) is 13.6 Å². The molecule has 1 aromatic heterocycles. The Kier molecular flexibility index (Phi) is 3.31. The molecule has 0 amide bonds. The van der Waals surface area contributed by atoms with Crippen LogP contribution in [-0.2, 0) is 13.1 Å². The van der Waals surface area contributed by atoms with Gasteiger partial charge in [-0.3, -0.25) is 4.90 Å². The van der Waals surface area contributed by atoms with Crippen LogP contribution in [0.2, 0.25) is 0 Å². The second kappa shape index (κ2) is 4.28. The van der Waals surface area contributed by atoms with E-state index in [0.29, 0.717) is 6.54 Å². The fourth-order valence-electron chi connectivity index (χ4n) is 0.995. The van der Waals surface area contributed by atoms with E-state index in [9.17, 15) is 0 Å². The highest BCUT2D eigenvalue weighted by atomic mass is 16.3. The normalized spacial score (nSPS) is 11.0. The van der Waals surface area contributed by atoms with Gasteiger partial charge in [-0.25, -0.2) is 0 Å². The first kappa shape index (κ1) is 9.29. The first-order chi connectivity index (χ1) is 5.76. The lowest BCUT2D eigenvalue weighted by Gasteiger charge is -2.10. The van der Waals surface area contributed by atoms with E-state index in [1.54, 1.807) is 0 Å². The second-order valence-electron chi connectivity index (χ2n) is 2.90. The predicted molar refractivity (Wildman–Crippen MR) is 48.6 cm³/mol. The van der Waals surface area contributed by atoms with E-state index in [0.717, 1.165) is 24.6 Å². The highest BCUT2D eigenvalue weighted by Crippen LogP contribution is 2.08. The first-order valence-electron chi connectivity index (χ1n) is 4.22. The summed E-state index contributed by atoms with van der Waals surface area (Å²) in [5, 5.41) is 0. The van der Waals surface area contributed by atoms with Crippen molar-refractivity contribution >= 4 is 0 Å². The van der Waals surface area contributed by atoms with Crippen molar-refractivity contribution in [3.8, 4) is 0 Å². The zero-order valence-corrected chi connectivity index (χ0v) is 7.71.